The third-order valence-electron chi connectivity index (χ3n) is 6.40. The van der Waals surface area contributed by atoms with E-state index in [-0.39, 0.29) is 29.2 Å². The van der Waals surface area contributed by atoms with Crippen LogP contribution < -0.4 is 25.5 Å². The zero-order chi connectivity index (χ0) is 31.1. The van der Waals surface area contributed by atoms with E-state index in [1.807, 2.05) is 6.92 Å². The Hall–Kier alpha value is -5.59. The van der Waals surface area contributed by atoms with Crippen molar-refractivity contribution in [3.8, 4) is 22.8 Å². The molecule has 0 spiro atoms. The largest absolute Gasteiger partial charge is 0.493 e. The summed E-state index contributed by atoms with van der Waals surface area (Å²) in [6.07, 6.45) is 1.30. The molecule has 1 aliphatic rings. The number of allylic oxidation sites excluding steroid dienone is 1. The molecular weight excluding hydrogens is 560 g/mol. The molecule has 13 nitrogen and oxygen atoms in total. The highest BCUT2D eigenvalue weighted by Gasteiger charge is 2.32. The number of hydrogen-bond acceptors (Lipinski definition) is 9. The van der Waals surface area contributed by atoms with Crippen LogP contribution in [0.1, 0.15) is 47.1 Å². The number of carbonyl (C=O) groups excluding carboxylic acids is 3. The first kappa shape index (κ1) is 30.4. The molecule has 3 aromatic rings. The molecule has 13 heteroatoms. The van der Waals surface area contributed by atoms with Crippen molar-refractivity contribution >= 4 is 30.1 Å². The average Bonchev–Trinajstić information content (AvgIpc) is 3.44. The van der Waals surface area contributed by atoms with E-state index in [0.717, 1.165) is 5.56 Å². The van der Waals surface area contributed by atoms with Gasteiger partial charge in [-0.1, -0.05) is 12.1 Å². The van der Waals surface area contributed by atoms with Crippen molar-refractivity contribution in [1.29, 1.82) is 0 Å². The lowest BCUT2D eigenvalue weighted by molar-refractivity contribution is -0.139. The minimum Gasteiger partial charge on any atom is -0.493 e. The molecule has 2 heterocycles. The lowest BCUT2D eigenvalue weighted by Gasteiger charge is -2.28. The Kier molecular flexibility index (Phi) is 9.45. The van der Waals surface area contributed by atoms with Crippen LogP contribution in [0.4, 0.5) is 4.79 Å². The number of ether oxygens (including phenoxy) is 3. The number of carboxylic acids is 1. The Bertz CT molecular complexity index is 1620. The number of furan rings is 1. The number of methoxy groups -OCH3 is 1. The monoisotopic (exact) mass is 590 g/mol. The van der Waals surface area contributed by atoms with Gasteiger partial charge in [-0.15, -0.1) is 0 Å². The summed E-state index contributed by atoms with van der Waals surface area (Å²) in [4.78, 5) is 48.4. The number of benzene rings is 2. The predicted molar refractivity (Wildman–Crippen MR) is 154 cm³/mol. The summed E-state index contributed by atoms with van der Waals surface area (Å²) in [6.45, 7) is 4.91. The fourth-order valence-corrected chi connectivity index (χ4v) is 4.34. The average molecular weight is 591 g/mol. The summed E-state index contributed by atoms with van der Waals surface area (Å²) in [7, 11) is 1.42. The van der Waals surface area contributed by atoms with Crippen LogP contribution >= 0.6 is 0 Å². The van der Waals surface area contributed by atoms with E-state index >= 15 is 0 Å². The molecule has 2 aromatic carbocycles. The number of hydrazone groups is 1. The smallest absolute Gasteiger partial charge is 0.338 e. The maximum Gasteiger partial charge on any atom is 0.338 e. The SMILES string of the molecule is CCOC(=O)C1=C(C)NC(=O)N[C@@H]1c1ccc(OCC(=O)N/N=C\c2ccc(-c3cc(C(=O)O)ccc3C)o2)c(OC)c1. The molecule has 0 aliphatic carbocycles. The highest BCUT2D eigenvalue weighted by atomic mass is 16.5. The highest BCUT2D eigenvalue weighted by Crippen LogP contribution is 2.34. The van der Waals surface area contributed by atoms with Crippen molar-refractivity contribution in [3.05, 3.63) is 82.3 Å². The number of nitrogens with zero attached hydrogens (tertiary/aromatic N) is 1. The molecule has 224 valence electrons. The molecule has 0 bridgehead atoms. The first-order valence-corrected chi connectivity index (χ1v) is 13.1. The van der Waals surface area contributed by atoms with Gasteiger partial charge < -0.3 is 34.4 Å². The molecule has 1 atom stereocenters. The van der Waals surface area contributed by atoms with Crippen molar-refractivity contribution in [2.45, 2.75) is 26.8 Å². The highest BCUT2D eigenvalue weighted by molar-refractivity contribution is 5.95. The molecule has 3 amide bonds. The van der Waals surface area contributed by atoms with Crippen molar-refractivity contribution in [2.24, 2.45) is 5.10 Å². The minimum absolute atomic E-state index is 0.136. The second-order valence-electron chi connectivity index (χ2n) is 9.32. The molecule has 0 unspecified atom stereocenters. The van der Waals surface area contributed by atoms with Gasteiger partial charge in [-0.25, -0.2) is 19.8 Å². The van der Waals surface area contributed by atoms with E-state index in [4.69, 9.17) is 18.6 Å². The Labute approximate surface area is 246 Å². The number of carboxylic acid groups (broad SMARTS) is 1. The van der Waals surface area contributed by atoms with E-state index in [1.165, 1.54) is 25.5 Å². The molecule has 0 saturated carbocycles. The third-order valence-corrected chi connectivity index (χ3v) is 6.40. The minimum atomic E-state index is -1.04. The fourth-order valence-electron chi connectivity index (χ4n) is 4.34. The van der Waals surface area contributed by atoms with Crippen LogP contribution in [0.15, 0.2) is 69.3 Å². The number of nitrogens with one attached hydrogen (secondary N) is 3. The zero-order valence-electron chi connectivity index (χ0n) is 23.8. The molecule has 0 saturated heterocycles. The molecule has 1 aliphatic heterocycles. The standard InChI is InChI=1S/C30H30N4O9/c1-5-41-29(38)26-17(3)32-30(39)33-27(26)18-8-10-23(24(13-18)40-4)42-15-25(35)34-31-14-20-9-11-22(43-20)21-12-19(28(36)37)7-6-16(21)2/h6-14,27H,5,15H2,1-4H3,(H,34,35)(H,36,37)(H2,32,33,39)/b31-14-/t27-/m1/s1. The Morgan fingerprint density at radius 3 is 2.60 bits per heavy atom. The van der Waals surface area contributed by atoms with E-state index in [0.29, 0.717) is 28.3 Å². The van der Waals surface area contributed by atoms with Crippen LogP contribution in [-0.4, -0.2) is 55.5 Å². The summed E-state index contributed by atoms with van der Waals surface area (Å²) in [6, 6.07) is 11.6. The molecule has 4 N–H and O–H groups in total. The summed E-state index contributed by atoms with van der Waals surface area (Å²) in [5.41, 5.74) is 5.11. The van der Waals surface area contributed by atoms with Crippen LogP contribution in [0.2, 0.25) is 0 Å². The predicted octanol–water partition coefficient (Wildman–Crippen LogP) is 3.68. The van der Waals surface area contributed by atoms with Crippen LogP contribution in [0.3, 0.4) is 0 Å². The van der Waals surface area contributed by atoms with Gasteiger partial charge in [0.05, 0.1) is 37.1 Å². The second-order valence-corrected chi connectivity index (χ2v) is 9.32. The maximum absolute atomic E-state index is 12.6. The van der Waals surface area contributed by atoms with E-state index in [2.05, 4.69) is 21.2 Å². The molecule has 0 radical (unpaired) electrons. The van der Waals surface area contributed by atoms with Gasteiger partial charge in [0.15, 0.2) is 18.1 Å². The fraction of sp³-hybridized carbons (Fsp3) is 0.233. The topological polar surface area (TPSA) is 178 Å². The van der Waals surface area contributed by atoms with E-state index in [9.17, 15) is 24.3 Å². The summed E-state index contributed by atoms with van der Waals surface area (Å²) < 4.78 is 21.9. The molecular formula is C30H30N4O9. The zero-order valence-corrected chi connectivity index (χ0v) is 23.8. The van der Waals surface area contributed by atoms with Crippen LogP contribution in [0, 0.1) is 6.92 Å². The van der Waals surface area contributed by atoms with Crippen LogP contribution in [-0.2, 0) is 14.3 Å². The van der Waals surface area contributed by atoms with Gasteiger partial charge in [-0.3, -0.25) is 4.79 Å². The van der Waals surface area contributed by atoms with Gasteiger partial charge in [-0.05, 0) is 68.3 Å². The lowest BCUT2D eigenvalue weighted by atomic mass is 9.95. The number of hydrogen-bond donors (Lipinski definition) is 4. The van der Waals surface area contributed by atoms with Crippen LogP contribution in [0.25, 0.3) is 11.3 Å². The Balaban J connectivity index is 1.39. The summed E-state index contributed by atoms with van der Waals surface area (Å²) in [5.74, 6) is -0.859. The number of aromatic carboxylic acids is 1. The molecule has 0 fully saturated rings. The summed E-state index contributed by atoms with van der Waals surface area (Å²) >= 11 is 0. The van der Waals surface area contributed by atoms with Gasteiger partial charge in [0, 0.05) is 11.3 Å². The van der Waals surface area contributed by atoms with Crippen molar-refractivity contribution in [1.82, 2.24) is 16.1 Å². The number of esters is 1. The van der Waals surface area contributed by atoms with E-state index < -0.39 is 36.5 Å². The second kappa shape index (κ2) is 13.4. The van der Waals surface area contributed by atoms with Gasteiger partial charge in [0.1, 0.15) is 11.5 Å². The maximum atomic E-state index is 12.6. The quantitative estimate of drug-likeness (QED) is 0.147. The normalized spacial score (nSPS) is 14.6. The number of urea groups is 1. The van der Waals surface area contributed by atoms with Gasteiger partial charge in [-0.2, -0.15) is 5.10 Å². The van der Waals surface area contributed by atoms with Crippen molar-refractivity contribution < 1.29 is 42.9 Å². The Morgan fingerprint density at radius 1 is 1.09 bits per heavy atom. The first-order chi connectivity index (χ1) is 20.6. The first-order valence-electron chi connectivity index (χ1n) is 13.1. The Morgan fingerprint density at radius 2 is 1.88 bits per heavy atom. The van der Waals surface area contributed by atoms with Gasteiger partial charge in [0.2, 0.25) is 0 Å². The van der Waals surface area contributed by atoms with Crippen LogP contribution in [0.5, 0.6) is 11.5 Å². The van der Waals surface area contributed by atoms with Gasteiger partial charge >= 0.3 is 18.0 Å². The van der Waals surface area contributed by atoms with E-state index in [1.54, 1.807) is 50.2 Å². The number of aryl methyl sites for hydroxylation is 1. The van der Waals surface area contributed by atoms with Gasteiger partial charge in [0.25, 0.3) is 5.91 Å². The molecule has 43 heavy (non-hydrogen) atoms. The number of amides is 3. The van der Waals surface area contributed by atoms with Crippen molar-refractivity contribution in [3.63, 3.8) is 0 Å². The number of rotatable bonds is 11. The lowest BCUT2D eigenvalue weighted by Crippen LogP contribution is -2.45. The molecule has 1 aromatic heterocycles. The molecule has 4 rings (SSSR count). The number of carbonyl (C=O) groups is 4. The summed E-state index contributed by atoms with van der Waals surface area (Å²) in [5, 5.41) is 18.4. The van der Waals surface area contributed by atoms with Crippen molar-refractivity contribution in [2.75, 3.05) is 20.3 Å². The third kappa shape index (κ3) is 7.19.